The molecule has 1 aromatic rings. The van der Waals surface area contributed by atoms with Crippen LogP contribution in [-0.4, -0.2) is 18.9 Å². The minimum atomic E-state index is -0.0810. The molecule has 3 radical (unpaired) electrons. The van der Waals surface area contributed by atoms with Crippen LogP contribution in [0.5, 0.6) is 0 Å². The Bertz CT molecular complexity index is 302. The average molecular weight is 159 g/mol. The molecule has 0 amide bonds. The molecule has 0 bridgehead atoms. The van der Waals surface area contributed by atoms with Gasteiger partial charge in [0.15, 0.2) is 0 Å². The highest BCUT2D eigenvalue weighted by atomic mass is 16.1. The number of hydrogen-bond acceptors (Lipinski definition) is 3. The normalized spacial score (nSPS) is 9.00. The van der Waals surface area contributed by atoms with Gasteiger partial charge < -0.3 is 0 Å². The molecular formula is C9H3O3. The molecule has 0 atom stereocenters. The van der Waals surface area contributed by atoms with Crippen molar-refractivity contribution in [3.8, 4) is 0 Å². The molecule has 0 aliphatic heterocycles. The number of rotatable bonds is 3. The van der Waals surface area contributed by atoms with Crippen molar-refractivity contribution in [1.82, 2.24) is 0 Å². The summed E-state index contributed by atoms with van der Waals surface area (Å²) in [6.45, 7) is 0. The van der Waals surface area contributed by atoms with Crippen molar-refractivity contribution in [2.75, 3.05) is 0 Å². The standard InChI is InChI=1S/C9H3O3/c10-4-7-2-1-3-8(5-11)9(7)6-12/h1-3H. The van der Waals surface area contributed by atoms with Crippen LogP contribution in [0, 0.1) is 0 Å². The lowest BCUT2D eigenvalue weighted by Gasteiger charge is -1.95. The van der Waals surface area contributed by atoms with Crippen molar-refractivity contribution in [2.45, 2.75) is 0 Å². The molecule has 1 rings (SSSR count). The van der Waals surface area contributed by atoms with Gasteiger partial charge in [0.05, 0.1) is 0 Å². The van der Waals surface area contributed by atoms with E-state index in [1.54, 1.807) is 0 Å². The van der Waals surface area contributed by atoms with E-state index in [2.05, 4.69) is 0 Å². The Kier molecular flexibility index (Phi) is 2.48. The van der Waals surface area contributed by atoms with Gasteiger partial charge in [-0.2, -0.15) is 0 Å². The van der Waals surface area contributed by atoms with Crippen LogP contribution in [0.4, 0.5) is 0 Å². The van der Waals surface area contributed by atoms with Crippen LogP contribution in [0.3, 0.4) is 0 Å². The van der Waals surface area contributed by atoms with E-state index in [1.165, 1.54) is 37.1 Å². The van der Waals surface area contributed by atoms with Gasteiger partial charge in [0.2, 0.25) is 18.9 Å². The Morgan fingerprint density at radius 3 is 1.67 bits per heavy atom. The predicted octanol–water partition coefficient (Wildman–Crippen LogP) is 0.0600. The monoisotopic (exact) mass is 159 g/mol. The lowest BCUT2D eigenvalue weighted by Crippen LogP contribution is -1.97. The van der Waals surface area contributed by atoms with E-state index in [-0.39, 0.29) is 16.7 Å². The van der Waals surface area contributed by atoms with E-state index < -0.39 is 0 Å². The van der Waals surface area contributed by atoms with Crippen LogP contribution in [0.1, 0.15) is 16.7 Å². The van der Waals surface area contributed by atoms with Crippen LogP contribution in [-0.2, 0) is 14.4 Å². The number of hydrogen-bond donors (Lipinski definition) is 0. The smallest absolute Gasteiger partial charge is 0.235 e. The molecule has 0 fully saturated rings. The number of benzene rings is 1. The molecule has 0 aromatic heterocycles. The van der Waals surface area contributed by atoms with Crippen molar-refractivity contribution in [2.24, 2.45) is 0 Å². The maximum Gasteiger partial charge on any atom is 0.235 e. The highest BCUT2D eigenvalue weighted by Gasteiger charge is 2.07. The van der Waals surface area contributed by atoms with Crippen LogP contribution >= 0.6 is 0 Å². The molecule has 57 valence electrons. The minimum absolute atomic E-state index is 0.0332. The second-order valence-corrected chi connectivity index (χ2v) is 2.03. The first kappa shape index (κ1) is 8.33. The SMILES string of the molecule is O=[C]c1cccc([C]=O)c1[C]=O. The molecule has 12 heavy (non-hydrogen) atoms. The molecule has 0 unspecified atom stereocenters. The Labute approximate surface area is 69.0 Å². The first-order valence-corrected chi connectivity index (χ1v) is 3.11. The molecule has 0 aliphatic rings. The zero-order valence-electron chi connectivity index (χ0n) is 5.96. The third-order valence-corrected chi connectivity index (χ3v) is 1.39. The van der Waals surface area contributed by atoms with Crippen molar-refractivity contribution < 1.29 is 14.4 Å². The average Bonchev–Trinajstić information content (AvgIpc) is 2.16. The summed E-state index contributed by atoms with van der Waals surface area (Å²) in [6, 6.07) is 4.24. The summed E-state index contributed by atoms with van der Waals surface area (Å²) in [6.07, 6.45) is 4.55. The fourth-order valence-electron chi connectivity index (χ4n) is 0.832. The summed E-state index contributed by atoms with van der Waals surface area (Å²) >= 11 is 0. The van der Waals surface area contributed by atoms with E-state index in [0.717, 1.165) is 0 Å². The summed E-state index contributed by atoms with van der Waals surface area (Å²) in [5.74, 6) is 0. The largest absolute Gasteiger partial charge is 0.285 e. The summed E-state index contributed by atoms with van der Waals surface area (Å²) in [4.78, 5) is 30.7. The third kappa shape index (κ3) is 1.29. The summed E-state index contributed by atoms with van der Waals surface area (Å²) in [5.41, 5.74) is -0.0146. The molecule has 0 spiro atoms. The van der Waals surface area contributed by atoms with E-state index in [4.69, 9.17) is 0 Å². The highest BCUT2D eigenvalue weighted by molar-refractivity contribution is 5.98. The first-order valence-electron chi connectivity index (χ1n) is 3.11. The van der Waals surface area contributed by atoms with Gasteiger partial charge in [-0.05, 0) is 0 Å². The molecule has 0 heterocycles. The maximum atomic E-state index is 10.3. The number of carbonyl (C=O) groups excluding carboxylic acids is 3. The zero-order chi connectivity index (χ0) is 8.97. The zero-order valence-corrected chi connectivity index (χ0v) is 5.96. The molecule has 1 aromatic carbocycles. The maximum absolute atomic E-state index is 10.3. The van der Waals surface area contributed by atoms with Gasteiger partial charge in [-0.25, -0.2) is 0 Å². The van der Waals surface area contributed by atoms with Gasteiger partial charge in [0, 0.05) is 16.7 Å². The van der Waals surface area contributed by atoms with Crippen LogP contribution in [0.15, 0.2) is 18.2 Å². The summed E-state index contributed by atoms with van der Waals surface area (Å²) in [7, 11) is 0. The third-order valence-electron chi connectivity index (χ3n) is 1.39. The van der Waals surface area contributed by atoms with Gasteiger partial charge in [-0.15, -0.1) is 0 Å². The predicted molar refractivity (Wildman–Crippen MR) is 40.8 cm³/mol. The topological polar surface area (TPSA) is 51.2 Å². The van der Waals surface area contributed by atoms with E-state index in [9.17, 15) is 14.4 Å². The second kappa shape index (κ2) is 3.57. The van der Waals surface area contributed by atoms with E-state index >= 15 is 0 Å². The van der Waals surface area contributed by atoms with Gasteiger partial charge in [-0.1, -0.05) is 18.2 Å². The van der Waals surface area contributed by atoms with Gasteiger partial charge in [0.25, 0.3) is 0 Å². The lowest BCUT2D eigenvalue weighted by molar-refractivity contribution is 0.556. The van der Waals surface area contributed by atoms with Crippen LogP contribution in [0.25, 0.3) is 0 Å². The Morgan fingerprint density at radius 1 is 0.833 bits per heavy atom. The van der Waals surface area contributed by atoms with Crippen molar-refractivity contribution in [3.05, 3.63) is 34.9 Å². The van der Waals surface area contributed by atoms with Crippen molar-refractivity contribution in [3.63, 3.8) is 0 Å². The van der Waals surface area contributed by atoms with Crippen LogP contribution < -0.4 is 0 Å². The second-order valence-electron chi connectivity index (χ2n) is 2.03. The molecule has 3 nitrogen and oxygen atoms in total. The van der Waals surface area contributed by atoms with E-state index in [0.29, 0.717) is 0 Å². The fraction of sp³-hybridized carbons (Fsp3) is 0. The fourth-order valence-corrected chi connectivity index (χ4v) is 0.832. The molecule has 0 saturated heterocycles. The van der Waals surface area contributed by atoms with Crippen molar-refractivity contribution >= 4 is 18.9 Å². The molecule has 3 heteroatoms. The first-order chi connectivity index (χ1) is 5.83. The van der Waals surface area contributed by atoms with E-state index in [1.807, 2.05) is 0 Å². The highest BCUT2D eigenvalue weighted by Crippen LogP contribution is 2.08. The van der Waals surface area contributed by atoms with Gasteiger partial charge >= 0.3 is 0 Å². The molecule has 0 aliphatic carbocycles. The Morgan fingerprint density at radius 2 is 1.33 bits per heavy atom. The molecule has 0 saturated carbocycles. The lowest BCUT2D eigenvalue weighted by atomic mass is 10.0. The molecule has 0 N–H and O–H groups in total. The molecular weight excluding hydrogens is 156 g/mol. The van der Waals surface area contributed by atoms with Gasteiger partial charge in [-0.3, -0.25) is 14.4 Å². The Hall–Kier alpha value is -1.77. The summed E-state index contributed by atoms with van der Waals surface area (Å²) in [5, 5.41) is 0. The Balaban J connectivity index is 3.40. The van der Waals surface area contributed by atoms with Crippen LogP contribution in [0.2, 0.25) is 0 Å². The summed E-state index contributed by atoms with van der Waals surface area (Å²) < 4.78 is 0. The van der Waals surface area contributed by atoms with Gasteiger partial charge in [0.1, 0.15) is 0 Å². The quantitative estimate of drug-likeness (QED) is 0.626. The minimum Gasteiger partial charge on any atom is -0.285 e. The van der Waals surface area contributed by atoms with Crippen molar-refractivity contribution in [1.29, 1.82) is 0 Å².